The van der Waals surface area contributed by atoms with Gasteiger partial charge in [-0.15, -0.1) is 11.3 Å². The van der Waals surface area contributed by atoms with Crippen molar-refractivity contribution in [2.24, 2.45) is 11.1 Å². The summed E-state index contributed by atoms with van der Waals surface area (Å²) in [6, 6.07) is 5.40. The quantitative estimate of drug-likeness (QED) is 0.318. The van der Waals surface area contributed by atoms with E-state index in [1.165, 1.54) is 23.3 Å². The number of methoxy groups -OCH3 is 1. The number of carbonyl (C=O) groups is 4. The number of primary amides is 1. The Labute approximate surface area is 230 Å². The van der Waals surface area contributed by atoms with E-state index in [2.05, 4.69) is 11.6 Å². The van der Waals surface area contributed by atoms with Crippen molar-refractivity contribution in [1.29, 1.82) is 0 Å². The number of amides is 3. The molecule has 0 radical (unpaired) electrons. The van der Waals surface area contributed by atoms with Crippen LogP contribution in [0.3, 0.4) is 0 Å². The molecule has 2 N–H and O–H groups in total. The molecular weight excluding hydrogens is 520 g/mol. The van der Waals surface area contributed by atoms with Crippen molar-refractivity contribution < 1.29 is 28.7 Å². The smallest absolute Gasteiger partial charge is 0.316 e. The zero-order valence-electron chi connectivity index (χ0n) is 21.7. The first-order valence-electron chi connectivity index (χ1n) is 12.7. The minimum absolute atomic E-state index is 0.0542. The highest BCUT2D eigenvalue weighted by Gasteiger charge is 2.45. The maximum atomic E-state index is 13.3. The Bertz CT molecular complexity index is 1390. The fourth-order valence-corrected chi connectivity index (χ4v) is 6.39. The predicted octanol–water partition coefficient (Wildman–Crippen LogP) is 2.55. The first kappa shape index (κ1) is 26.8. The van der Waals surface area contributed by atoms with Crippen LogP contribution in [0.1, 0.15) is 45.7 Å². The van der Waals surface area contributed by atoms with Crippen molar-refractivity contribution >= 4 is 35.0 Å². The van der Waals surface area contributed by atoms with Crippen LogP contribution in [0, 0.1) is 5.41 Å². The van der Waals surface area contributed by atoms with Crippen LogP contribution < -0.4 is 5.73 Å². The molecule has 0 unspecified atom stereocenters. The zero-order valence-corrected chi connectivity index (χ0v) is 22.6. The molecule has 3 amide bonds. The monoisotopic (exact) mass is 550 g/mol. The van der Waals surface area contributed by atoms with E-state index in [1.807, 2.05) is 12.1 Å². The summed E-state index contributed by atoms with van der Waals surface area (Å²) < 4.78 is 10.6. The van der Waals surface area contributed by atoms with Gasteiger partial charge in [-0.25, -0.2) is 4.98 Å². The van der Waals surface area contributed by atoms with Crippen LogP contribution in [0.15, 0.2) is 47.4 Å². The van der Waals surface area contributed by atoms with E-state index in [0.717, 1.165) is 16.7 Å². The summed E-state index contributed by atoms with van der Waals surface area (Å²) in [4.78, 5) is 58.2. The molecule has 204 valence electrons. The van der Waals surface area contributed by atoms with Crippen molar-refractivity contribution in [3.63, 3.8) is 0 Å². The van der Waals surface area contributed by atoms with Crippen molar-refractivity contribution in [2.45, 2.75) is 25.8 Å². The lowest BCUT2D eigenvalue weighted by molar-refractivity contribution is -0.155. The number of benzene rings is 1. The number of rotatable bonds is 7. The van der Waals surface area contributed by atoms with Gasteiger partial charge in [0.25, 0.3) is 11.8 Å². The SMILES string of the molecule is C=C(CN1Cc2c(cccc2-c2nc(C(=O)N3CC=C(C4(C(=O)OC)CCOCC4)CC3)cs2)C1=O)C(N)=O. The summed E-state index contributed by atoms with van der Waals surface area (Å²) >= 11 is 1.34. The normalized spacial score (nSPS) is 18.4. The molecule has 3 aliphatic heterocycles. The summed E-state index contributed by atoms with van der Waals surface area (Å²) in [5.74, 6) is -1.27. The molecule has 3 aliphatic rings. The van der Waals surface area contributed by atoms with Gasteiger partial charge in [-0.05, 0) is 30.9 Å². The maximum Gasteiger partial charge on any atom is 0.316 e. The van der Waals surface area contributed by atoms with Crippen molar-refractivity contribution in [3.05, 3.63) is 64.2 Å². The number of nitrogens with zero attached hydrogens (tertiary/aromatic N) is 3. The van der Waals surface area contributed by atoms with Crippen LogP contribution in [0.2, 0.25) is 0 Å². The lowest BCUT2D eigenvalue weighted by atomic mass is 9.71. The summed E-state index contributed by atoms with van der Waals surface area (Å²) in [6.45, 7) is 5.88. The van der Waals surface area contributed by atoms with E-state index >= 15 is 0 Å². The third-order valence-electron chi connectivity index (χ3n) is 7.76. The Hall–Kier alpha value is -3.83. The molecule has 1 aromatic heterocycles. The zero-order chi connectivity index (χ0) is 27.7. The number of ether oxygens (including phenoxy) is 2. The molecule has 4 heterocycles. The standard InChI is InChI=1S/C28H30N4O6S/c1-17(23(29)33)14-32-15-21-19(4-3-5-20(21)25(32)34)24-30-22(16-39-24)26(35)31-10-6-18(7-11-31)28(27(36)37-2)8-12-38-13-9-28/h3-6,16H,1,7-15H2,2H3,(H2,29,33). The fraction of sp³-hybridized carbons (Fsp3) is 0.393. The molecule has 39 heavy (non-hydrogen) atoms. The summed E-state index contributed by atoms with van der Waals surface area (Å²) in [5.41, 5.74) is 8.23. The first-order chi connectivity index (χ1) is 18.7. The Kier molecular flexibility index (Phi) is 7.37. The Morgan fingerprint density at radius 2 is 1.97 bits per heavy atom. The van der Waals surface area contributed by atoms with Gasteiger partial charge in [-0.3, -0.25) is 19.2 Å². The van der Waals surface area contributed by atoms with Crippen LogP contribution in [-0.4, -0.2) is 78.4 Å². The number of aromatic nitrogens is 1. The Morgan fingerprint density at radius 1 is 1.23 bits per heavy atom. The van der Waals surface area contributed by atoms with Gasteiger partial charge >= 0.3 is 5.97 Å². The van der Waals surface area contributed by atoms with Gasteiger partial charge in [0.2, 0.25) is 5.91 Å². The maximum absolute atomic E-state index is 13.3. The molecule has 0 atom stereocenters. The van der Waals surface area contributed by atoms with Gasteiger partial charge in [0.1, 0.15) is 10.7 Å². The minimum atomic E-state index is -0.682. The summed E-state index contributed by atoms with van der Waals surface area (Å²) in [6.07, 6.45) is 3.71. The van der Waals surface area contributed by atoms with Crippen molar-refractivity contribution in [2.75, 3.05) is 40.0 Å². The van der Waals surface area contributed by atoms with E-state index in [1.54, 1.807) is 22.4 Å². The third kappa shape index (κ3) is 4.87. The highest BCUT2D eigenvalue weighted by Crippen LogP contribution is 2.42. The molecule has 0 saturated carbocycles. The third-order valence-corrected chi connectivity index (χ3v) is 8.64. The Balaban J connectivity index is 1.32. The largest absolute Gasteiger partial charge is 0.468 e. The molecule has 10 nitrogen and oxygen atoms in total. The molecule has 2 aromatic rings. The lowest BCUT2D eigenvalue weighted by Crippen LogP contribution is -2.44. The van der Waals surface area contributed by atoms with E-state index in [4.69, 9.17) is 15.2 Å². The number of fused-ring (bicyclic) bond motifs is 1. The van der Waals surface area contributed by atoms with Crippen LogP contribution in [0.25, 0.3) is 10.6 Å². The summed E-state index contributed by atoms with van der Waals surface area (Å²) in [7, 11) is 1.41. The lowest BCUT2D eigenvalue weighted by Gasteiger charge is -2.39. The van der Waals surface area contributed by atoms with Crippen LogP contribution in [-0.2, 0) is 25.6 Å². The van der Waals surface area contributed by atoms with Gasteiger partial charge in [0, 0.05) is 54.9 Å². The van der Waals surface area contributed by atoms with Gasteiger partial charge < -0.3 is 25.0 Å². The highest BCUT2D eigenvalue weighted by atomic mass is 32.1. The van der Waals surface area contributed by atoms with E-state index in [9.17, 15) is 19.2 Å². The van der Waals surface area contributed by atoms with E-state index in [-0.39, 0.29) is 29.9 Å². The number of hydrogen-bond acceptors (Lipinski definition) is 8. The van der Waals surface area contributed by atoms with E-state index < -0.39 is 11.3 Å². The topological polar surface area (TPSA) is 132 Å². The van der Waals surface area contributed by atoms with Crippen LogP contribution >= 0.6 is 11.3 Å². The number of thiazole rings is 1. The van der Waals surface area contributed by atoms with Crippen LogP contribution in [0.4, 0.5) is 0 Å². The van der Waals surface area contributed by atoms with E-state index in [0.29, 0.717) is 68.4 Å². The predicted molar refractivity (Wildman–Crippen MR) is 144 cm³/mol. The first-order valence-corrected chi connectivity index (χ1v) is 13.6. The number of nitrogens with two attached hydrogens (primary N) is 1. The molecule has 0 spiro atoms. The second-order valence-electron chi connectivity index (χ2n) is 9.92. The molecule has 1 fully saturated rings. The summed E-state index contributed by atoms with van der Waals surface area (Å²) in [5, 5.41) is 2.37. The molecule has 1 aromatic carbocycles. The van der Waals surface area contributed by atoms with Gasteiger partial charge in [0.15, 0.2) is 0 Å². The second kappa shape index (κ2) is 10.7. The number of hydrogen-bond donors (Lipinski definition) is 1. The molecule has 0 aliphatic carbocycles. The minimum Gasteiger partial charge on any atom is -0.468 e. The van der Waals surface area contributed by atoms with Gasteiger partial charge in [-0.2, -0.15) is 0 Å². The second-order valence-corrected chi connectivity index (χ2v) is 10.8. The number of carbonyl (C=O) groups excluding carboxylic acids is 4. The molecular formula is C28H30N4O6S. The molecule has 11 heteroatoms. The van der Waals surface area contributed by atoms with Gasteiger partial charge in [0.05, 0.1) is 19.1 Å². The average Bonchev–Trinajstić information content (AvgIpc) is 3.57. The number of esters is 1. The average molecular weight is 551 g/mol. The highest BCUT2D eigenvalue weighted by molar-refractivity contribution is 7.13. The van der Waals surface area contributed by atoms with Crippen molar-refractivity contribution in [1.82, 2.24) is 14.8 Å². The van der Waals surface area contributed by atoms with Crippen molar-refractivity contribution in [3.8, 4) is 10.6 Å². The molecule has 5 rings (SSSR count). The Morgan fingerprint density at radius 3 is 2.64 bits per heavy atom. The fourth-order valence-electron chi connectivity index (χ4n) is 5.54. The van der Waals surface area contributed by atoms with Crippen LogP contribution in [0.5, 0.6) is 0 Å². The van der Waals surface area contributed by atoms with Gasteiger partial charge in [-0.1, -0.05) is 30.4 Å². The molecule has 1 saturated heterocycles. The molecule has 0 bridgehead atoms.